The van der Waals surface area contributed by atoms with Crippen LogP contribution in [0, 0.1) is 0 Å². The third-order valence-electron chi connectivity index (χ3n) is 15.7. The second-order valence-corrected chi connectivity index (χ2v) is 22.9. The van der Waals surface area contributed by atoms with Gasteiger partial charge in [-0.2, -0.15) is 0 Å². The number of unbranched alkanes of at least 4 members (excludes halogenated alkanes) is 50. The van der Waals surface area contributed by atoms with E-state index in [1.807, 2.05) is 0 Å². The molecule has 0 aliphatic rings. The quantitative estimate of drug-likeness (QED) is 0.0275. The zero-order valence-electron chi connectivity index (χ0n) is 50.7. The van der Waals surface area contributed by atoms with E-state index in [-0.39, 0.29) is 11.9 Å². The summed E-state index contributed by atoms with van der Waals surface area (Å²) in [6, 6.07) is 6.90. The van der Waals surface area contributed by atoms with E-state index in [0.29, 0.717) is 37.6 Å². The van der Waals surface area contributed by atoms with Crippen LogP contribution in [-0.2, 0) is 28.5 Å². The highest BCUT2D eigenvalue weighted by atomic mass is 16.5. The number of carbonyl (C=O) groups excluding carboxylic acids is 4. The minimum Gasteiger partial charge on any atom is -0.463 e. The van der Waals surface area contributed by atoms with Crippen LogP contribution in [0.1, 0.15) is 355 Å². The molecular weight excluding hydrogens is 969 g/mol. The molecule has 8 nitrogen and oxygen atoms in total. The molecule has 0 saturated heterocycles. The second kappa shape index (κ2) is 59.7. The highest BCUT2D eigenvalue weighted by molar-refractivity contribution is 6.03. The van der Waals surface area contributed by atoms with Crippen molar-refractivity contribution in [2.24, 2.45) is 0 Å². The van der Waals surface area contributed by atoms with Gasteiger partial charge in [0.25, 0.3) is 0 Å². The molecule has 1 aromatic rings. The van der Waals surface area contributed by atoms with Gasteiger partial charge < -0.3 is 18.9 Å². The molecule has 1 aromatic carbocycles. The van der Waals surface area contributed by atoms with Crippen molar-refractivity contribution in [2.75, 3.05) is 26.4 Å². The Morgan fingerprint density at radius 1 is 0.244 bits per heavy atom. The molecule has 0 atom stereocenters. The Morgan fingerprint density at radius 3 is 0.538 bits per heavy atom. The van der Waals surface area contributed by atoms with E-state index >= 15 is 0 Å². The Hall–Kier alpha value is -3.42. The van der Waals surface area contributed by atoms with Gasteiger partial charge in [-0.3, -0.25) is 0 Å². The van der Waals surface area contributed by atoms with E-state index in [1.165, 1.54) is 295 Å². The van der Waals surface area contributed by atoms with Gasteiger partial charge in [-0.1, -0.05) is 333 Å². The zero-order chi connectivity index (χ0) is 56.1. The van der Waals surface area contributed by atoms with Crippen molar-refractivity contribution in [3.63, 3.8) is 0 Å². The molecule has 450 valence electrons. The maximum atomic E-state index is 12.9. The van der Waals surface area contributed by atoms with Crippen molar-refractivity contribution in [1.29, 1.82) is 0 Å². The number of benzene rings is 1. The normalized spacial score (nSPS) is 11.2. The number of ether oxygens (including phenoxy) is 4. The third kappa shape index (κ3) is 50.8. The first kappa shape index (κ1) is 72.6. The maximum Gasteiger partial charge on any atom is 0.339 e. The van der Waals surface area contributed by atoms with E-state index in [1.54, 1.807) is 24.3 Å². The van der Waals surface area contributed by atoms with Gasteiger partial charge in [0.05, 0.1) is 37.6 Å². The molecule has 0 aliphatic carbocycles. The van der Waals surface area contributed by atoms with Crippen molar-refractivity contribution in [3.05, 3.63) is 60.7 Å². The van der Waals surface area contributed by atoms with E-state index < -0.39 is 11.9 Å². The van der Waals surface area contributed by atoms with Crippen LogP contribution in [0.15, 0.2) is 49.6 Å². The van der Waals surface area contributed by atoms with E-state index in [9.17, 15) is 19.2 Å². The molecule has 0 aliphatic heterocycles. The number of hydrogen-bond acceptors (Lipinski definition) is 8. The number of carbonyl (C=O) groups is 4. The highest BCUT2D eigenvalue weighted by Crippen LogP contribution is 2.20. The van der Waals surface area contributed by atoms with Crippen molar-refractivity contribution < 1.29 is 38.1 Å². The largest absolute Gasteiger partial charge is 0.463 e. The van der Waals surface area contributed by atoms with Gasteiger partial charge >= 0.3 is 23.9 Å². The minimum absolute atomic E-state index is 0.303. The number of hydrogen-bond donors (Lipinski definition) is 0. The van der Waals surface area contributed by atoms with E-state index in [4.69, 9.17) is 18.9 Å². The summed E-state index contributed by atoms with van der Waals surface area (Å²) < 4.78 is 21.2. The van der Waals surface area contributed by atoms with E-state index in [0.717, 1.165) is 51.4 Å². The van der Waals surface area contributed by atoms with Crippen molar-refractivity contribution in [1.82, 2.24) is 0 Å². The van der Waals surface area contributed by atoms with Crippen LogP contribution >= 0.6 is 0 Å². The van der Waals surface area contributed by atoms with Crippen molar-refractivity contribution in [2.45, 2.75) is 334 Å². The summed E-state index contributed by atoms with van der Waals surface area (Å²) in [5.41, 5.74) is 0.606. The third-order valence-corrected chi connectivity index (χ3v) is 15.7. The molecule has 0 saturated carbocycles. The predicted molar refractivity (Wildman–Crippen MR) is 329 cm³/mol. The molecule has 0 spiro atoms. The summed E-state index contributed by atoms with van der Waals surface area (Å²) in [6.45, 7) is 8.67. The summed E-state index contributed by atoms with van der Waals surface area (Å²) in [5, 5.41) is 0. The molecule has 0 N–H and O–H groups in total. The average molecular weight is 1090 g/mol. The monoisotopic (exact) mass is 1090 g/mol. The average Bonchev–Trinajstić information content (AvgIpc) is 3.45. The van der Waals surface area contributed by atoms with Crippen LogP contribution < -0.4 is 0 Å². The van der Waals surface area contributed by atoms with E-state index in [2.05, 4.69) is 13.2 Å². The van der Waals surface area contributed by atoms with Crippen LogP contribution in [-0.4, -0.2) is 50.3 Å². The van der Waals surface area contributed by atoms with Gasteiger partial charge in [-0.25, -0.2) is 19.2 Å². The first-order chi connectivity index (χ1) is 38.5. The van der Waals surface area contributed by atoms with Crippen LogP contribution in [0.5, 0.6) is 0 Å². The fraction of sp³-hybridized carbons (Fsp3) is 0.800. The minimum atomic E-state index is -0.433. The Labute approximate surface area is 481 Å². The maximum absolute atomic E-state index is 12.9. The van der Waals surface area contributed by atoms with Crippen LogP contribution in [0.4, 0.5) is 0 Å². The Morgan fingerprint density at radius 2 is 0.385 bits per heavy atom. The fourth-order valence-corrected chi connectivity index (χ4v) is 10.7. The standard InChI is InChI=1S/C70H122O8/c1-3-67(71)75-61-55-49-45-41-37-33-29-25-21-17-13-9-5-7-11-15-19-23-27-31-35-39-43-47-51-57-63-77-69(73)65-59-53-54-60-66(65)70(74)78-64-58-52-48-44-40-36-32-28-24-20-16-12-8-6-10-14-18-22-26-30-34-38-42-46-50-56-62-76-68(72)4-2/h3-4,53-54,59-60H,1-2,5-52,55-58,61-64H2. The molecule has 0 unspecified atom stereocenters. The number of rotatable bonds is 62. The lowest BCUT2D eigenvalue weighted by atomic mass is 10.0. The van der Waals surface area contributed by atoms with Crippen molar-refractivity contribution >= 4 is 23.9 Å². The molecule has 0 heterocycles. The second-order valence-electron chi connectivity index (χ2n) is 22.9. The van der Waals surface area contributed by atoms with Crippen molar-refractivity contribution in [3.8, 4) is 0 Å². The van der Waals surface area contributed by atoms with Gasteiger partial charge in [0, 0.05) is 12.2 Å². The molecule has 0 amide bonds. The lowest BCUT2D eigenvalue weighted by Gasteiger charge is -2.10. The summed E-state index contributed by atoms with van der Waals surface area (Å²) in [7, 11) is 0. The van der Waals surface area contributed by atoms with Gasteiger partial charge in [0.2, 0.25) is 0 Å². The molecule has 0 fully saturated rings. The van der Waals surface area contributed by atoms with Crippen LogP contribution in [0.2, 0.25) is 0 Å². The molecule has 1 rings (SSSR count). The molecule has 78 heavy (non-hydrogen) atoms. The molecular formula is C70H122O8. The summed E-state index contributed by atoms with van der Waals surface area (Å²) >= 11 is 0. The van der Waals surface area contributed by atoms with Gasteiger partial charge in [0.15, 0.2) is 0 Å². The zero-order valence-corrected chi connectivity index (χ0v) is 50.7. The van der Waals surface area contributed by atoms with Crippen LogP contribution in [0.25, 0.3) is 0 Å². The smallest absolute Gasteiger partial charge is 0.339 e. The predicted octanol–water partition coefficient (Wildman–Crippen LogP) is 21.7. The molecule has 0 bridgehead atoms. The molecule has 8 heteroatoms. The topological polar surface area (TPSA) is 105 Å². The Bertz CT molecular complexity index is 1410. The summed E-state index contributed by atoms with van der Waals surface area (Å²) in [6.07, 6.45) is 70.2. The number of esters is 4. The van der Waals surface area contributed by atoms with Crippen LogP contribution in [0.3, 0.4) is 0 Å². The van der Waals surface area contributed by atoms with Gasteiger partial charge in [-0.15, -0.1) is 0 Å². The fourth-order valence-electron chi connectivity index (χ4n) is 10.7. The molecule has 0 radical (unpaired) electrons. The highest BCUT2D eigenvalue weighted by Gasteiger charge is 2.19. The van der Waals surface area contributed by atoms with Gasteiger partial charge in [-0.05, 0) is 37.8 Å². The molecule has 0 aromatic heterocycles. The first-order valence-electron chi connectivity index (χ1n) is 33.5. The lowest BCUT2D eigenvalue weighted by molar-refractivity contribution is -0.138. The van der Waals surface area contributed by atoms with Gasteiger partial charge in [0.1, 0.15) is 0 Å². The summed E-state index contributed by atoms with van der Waals surface area (Å²) in [5.74, 6) is -1.49. The summed E-state index contributed by atoms with van der Waals surface area (Å²) in [4.78, 5) is 47.9. The lowest BCUT2D eigenvalue weighted by Crippen LogP contribution is -2.15. The SMILES string of the molecule is C=CC(=O)OCCCCCCCCCCCCCCCCCCCCCCCCCCCCOC(=O)c1ccccc1C(=O)OCCCCCCCCCCCCCCCCCCCCCCCCCCCCOC(=O)C=C. The first-order valence-corrected chi connectivity index (χ1v) is 33.5. The Kier molecular flexibility index (Phi) is 55.6. The Balaban J connectivity index is 1.82.